The summed E-state index contributed by atoms with van der Waals surface area (Å²) in [6, 6.07) is 0. The molecule has 0 saturated carbocycles. The predicted octanol–water partition coefficient (Wildman–Crippen LogP) is 8.53. The van der Waals surface area contributed by atoms with Crippen molar-refractivity contribution in [2.24, 2.45) is 5.41 Å². The normalized spacial score (nSPS) is 12.6. The third-order valence-electron chi connectivity index (χ3n) is 4.50. The van der Waals surface area contributed by atoms with Crippen LogP contribution in [0, 0.1) is 5.41 Å². The van der Waals surface area contributed by atoms with Crippen LogP contribution in [-0.4, -0.2) is 93.8 Å². The number of carbonyl (C=O) groups is 4. The van der Waals surface area contributed by atoms with Crippen LogP contribution in [0.5, 0.6) is 0 Å². The maximum atomic E-state index is 11.1. The molecule has 3 unspecified atom stereocenters. The zero-order valence-corrected chi connectivity index (χ0v) is 34.1. The minimum Gasteiger partial charge on any atom is -0.438 e. The van der Waals surface area contributed by atoms with Gasteiger partial charge in [0.1, 0.15) is 0 Å². The van der Waals surface area contributed by atoms with Crippen molar-refractivity contribution in [3.63, 3.8) is 0 Å². The molecular formula is C35H70O15. The summed E-state index contributed by atoms with van der Waals surface area (Å²) >= 11 is 0. The number of ether oxygens (including phenoxy) is 11. The van der Waals surface area contributed by atoms with Crippen LogP contribution in [0.1, 0.15) is 131 Å². The zero-order chi connectivity index (χ0) is 40.0. The number of hydrogen-bond acceptors (Lipinski definition) is 15. The van der Waals surface area contributed by atoms with Gasteiger partial charge < -0.3 is 52.1 Å². The summed E-state index contributed by atoms with van der Waals surface area (Å²) in [4.78, 5) is 43.6. The molecular weight excluding hydrogens is 660 g/mol. The Balaban J connectivity index is -0.000000282. The van der Waals surface area contributed by atoms with E-state index in [0.29, 0.717) is 19.6 Å². The lowest BCUT2D eigenvalue weighted by Crippen LogP contribution is -2.24. The molecule has 0 aromatic heterocycles. The molecule has 0 amide bonds. The van der Waals surface area contributed by atoms with Gasteiger partial charge in [0, 0.05) is 6.42 Å². The fraction of sp³-hybridized carbons (Fsp3) is 0.886. The first kappa shape index (κ1) is 53.9. The largest absolute Gasteiger partial charge is 0.510 e. The van der Waals surface area contributed by atoms with E-state index in [0.717, 1.165) is 0 Å². The van der Waals surface area contributed by atoms with Gasteiger partial charge in [-0.3, -0.25) is 4.79 Å². The van der Waals surface area contributed by atoms with Crippen LogP contribution in [0.25, 0.3) is 0 Å². The Morgan fingerprint density at radius 1 is 0.480 bits per heavy atom. The Hall–Kier alpha value is -2.88. The summed E-state index contributed by atoms with van der Waals surface area (Å²) in [5, 5.41) is 0. The van der Waals surface area contributed by atoms with Crippen LogP contribution in [0.2, 0.25) is 0 Å². The zero-order valence-electron chi connectivity index (χ0n) is 34.1. The fourth-order valence-electron chi connectivity index (χ4n) is 2.68. The highest BCUT2D eigenvalue weighted by Crippen LogP contribution is 2.15. The molecule has 0 heterocycles. The average molecular weight is 731 g/mol. The molecule has 15 heteroatoms. The van der Waals surface area contributed by atoms with E-state index in [1.54, 1.807) is 41.5 Å². The van der Waals surface area contributed by atoms with Crippen molar-refractivity contribution in [1.29, 1.82) is 0 Å². The molecule has 0 aliphatic rings. The number of hydrogen-bond donors (Lipinski definition) is 0. The summed E-state index contributed by atoms with van der Waals surface area (Å²) in [6.07, 6.45) is -3.01. The van der Waals surface area contributed by atoms with Gasteiger partial charge in [0.05, 0.1) is 49.1 Å². The third kappa shape index (κ3) is 43.1. The molecule has 0 N–H and O–H groups in total. The first-order chi connectivity index (χ1) is 22.9. The highest BCUT2D eigenvalue weighted by Gasteiger charge is 2.23. The minimum atomic E-state index is -0.692. The third-order valence-corrected chi connectivity index (χ3v) is 4.50. The summed E-state index contributed by atoms with van der Waals surface area (Å²) in [5.41, 5.74) is -0.444. The molecule has 300 valence electrons. The Labute approximate surface area is 301 Å². The van der Waals surface area contributed by atoms with Crippen LogP contribution in [0.15, 0.2) is 0 Å². The van der Waals surface area contributed by atoms with Crippen molar-refractivity contribution in [3.8, 4) is 0 Å². The summed E-state index contributed by atoms with van der Waals surface area (Å²) < 4.78 is 53.8. The highest BCUT2D eigenvalue weighted by atomic mass is 16.8. The van der Waals surface area contributed by atoms with Crippen molar-refractivity contribution in [3.05, 3.63) is 0 Å². The van der Waals surface area contributed by atoms with E-state index in [1.165, 1.54) is 0 Å². The summed E-state index contributed by atoms with van der Waals surface area (Å²) in [5.74, 6) is -0.233. The standard InChI is InChI=1S/2C9H18O4.C9H18O3.C8H16O4/c1-6(2)11-8(5)13-9(10)12-7(3)4;1-5-8(12-7(3)4)13-9(10)11-6-2;1-7(2)11-6-12-8(10)9(3,4)5;1-5-10-8(9)12-7(4)11-6(2)3/h6-8H,1-5H3;7-8H,5-6H2,1-4H3;7H,6H2,1-5H3;6-7H,5H2,1-4H3. The highest BCUT2D eigenvalue weighted by molar-refractivity contribution is 5.75. The van der Waals surface area contributed by atoms with Crippen LogP contribution in [0.4, 0.5) is 14.4 Å². The lowest BCUT2D eigenvalue weighted by Gasteiger charge is -2.18. The van der Waals surface area contributed by atoms with E-state index in [4.69, 9.17) is 42.6 Å². The van der Waals surface area contributed by atoms with Gasteiger partial charge in [0.15, 0.2) is 6.79 Å². The van der Waals surface area contributed by atoms with Gasteiger partial charge in [-0.05, 0) is 118 Å². The van der Waals surface area contributed by atoms with Crippen molar-refractivity contribution < 1.29 is 71.3 Å². The van der Waals surface area contributed by atoms with E-state index in [-0.39, 0.29) is 43.3 Å². The fourth-order valence-corrected chi connectivity index (χ4v) is 2.68. The first-order valence-corrected chi connectivity index (χ1v) is 17.2. The van der Waals surface area contributed by atoms with Gasteiger partial charge in [0.2, 0.25) is 18.9 Å². The van der Waals surface area contributed by atoms with Gasteiger partial charge >= 0.3 is 24.4 Å². The maximum absolute atomic E-state index is 11.1. The van der Waals surface area contributed by atoms with Crippen molar-refractivity contribution >= 4 is 24.4 Å². The van der Waals surface area contributed by atoms with Gasteiger partial charge in [-0.2, -0.15) is 0 Å². The van der Waals surface area contributed by atoms with Crippen LogP contribution in [0.3, 0.4) is 0 Å². The van der Waals surface area contributed by atoms with E-state index in [2.05, 4.69) is 9.47 Å². The lowest BCUT2D eigenvalue weighted by atomic mass is 9.98. The lowest BCUT2D eigenvalue weighted by molar-refractivity contribution is -0.168. The molecule has 0 aliphatic heterocycles. The molecule has 0 spiro atoms. The first-order valence-electron chi connectivity index (χ1n) is 17.2. The summed E-state index contributed by atoms with van der Waals surface area (Å²) in [7, 11) is 0. The molecule has 50 heavy (non-hydrogen) atoms. The minimum absolute atomic E-state index is 0.0295. The topological polar surface area (TPSA) is 170 Å². The Morgan fingerprint density at radius 2 is 0.880 bits per heavy atom. The van der Waals surface area contributed by atoms with Crippen molar-refractivity contribution in [2.75, 3.05) is 20.0 Å². The van der Waals surface area contributed by atoms with E-state index in [1.807, 2.05) is 83.1 Å². The van der Waals surface area contributed by atoms with Gasteiger partial charge in [-0.15, -0.1) is 0 Å². The van der Waals surface area contributed by atoms with E-state index in [9.17, 15) is 19.2 Å². The molecule has 0 aromatic carbocycles. The Morgan fingerprint density at radius 3 is 1.20 bits per heavy atom. The van der Waals surface area contributed by atoms with Gasteiger partial charge in [0.25, 0.3) is 0 Å². The van der Waals surface area contributed by atoms with E-state index >= 15 is 0 Å². The van der Waals surface area contributed by atoms with Crippen LogP contribution < -0.4 is 0 Å². The molecule has 0 fully saturated rings. The maximum Gasteiger partial charge on any atom is 0.510 e. The molecule has 0 aromatic rings. The second-order valence-electron chi connectivity index (χ2n) is 12.7. The van der Waals surface area contributed by atoms with E-state index < -0.39 is 42.8 Å². The number of carbonyl (C=O) groups excluding carboxylic acids is 4. The molecule has 0 radical (unpaired) electrons. The number of rotatable bonds is 16. The van der Waals surface area contributed by atoms with Gasteiger partial charge in [-0.25, -0.2) is 14.4 Å². The smallest absolute Gasteiger partial charge is 0.438 e. The number of esters is 1. The van der Waals surface area contributed by atoms with Crippen LogP contribution in [-0.2, 0) is 56.9 Å². The molecule has 0 bridgehead atoms. The Bertz CT molecular complexity index is 852. The predicted molar refractivity (Wildman–Crippen MR) is 187 cm³/mol. The van der Waals surface area contributed by atoms with Crippen molar-refractivity contribution in [2.45, 2.75) is 180 Å². The van der Waals surface area contributed by atoms with Crippen molar-refractivity contribution in [1.82, 2.24) is 0 Å². The summed E-state index contributed by atoms with van der Waals surface area (Å²) in [6.45, 7) is 33.3. The molecule has 0 aliphatic carbocycles. The second-order valence-corrected chi connectivity index (χ2v) is 12.7. The second kappa shape index (κ2) is 32.1. The molecule has 3 atom stereocenters. The average Bonchev–Trinajstić information content (AvgIpc) is 2.91. The Kier molecular flexibility index (Phi) is 34.6. The monoisotopic (exact) mass is 730 g/mol. The van der Waals surface area contributed by atoms with Gasteiger partial charge in [-0.1, -0.05) is 6.92 Å². The molecule has 15 nitrogen and oxygen atoms in total. The quantitative estimate of drug-likeness (QED) is 0.0840. The SMILES string of the molecule is CC(C)OC(=O)OC(C)OC(C)C.CC(C)OCOC(=O)C(C)(C)C.CCOC(=O)OC(C)OC(C)C.CCOC(=O)OC(CC)OC(C)C. The molecule has 0 saturated heterocycles. The molecule has 0 rings (SSSR count). The van der Waals surface area contributed by atoms with Crippen LogP contribution >= 0.6 is 0 Å².